The Hall–Kier alpha value is -1.34. The van der Waals surface area contributed by atoms with E-state index in [1.807, 2.05) is 0 Å². The number of urea groups is 1. The number of aliphatic hydroxyl groups is 1. The second kappa shape index (κ2) is 6.55. The van der Waals surface area contributed by atoms with E-state index in [0.717, 1.165) is 12.8 Å². The van der Waals surface area contributed by atoms with E-state index in [2.05, 4.69) is 5.32 Å². The van der Waals surface area contributed by atoms with Crippen molar-refractivity contribution in [1.82, 2.24) is 10.2 Å². The molecule has 0 bridgehead atoms. The van der Waals surface area contributed by atoms with Gasteiger partial charge in [-0.1, -0.05) is 0 Å². The minimum absolute atomic E-state index is 0.0437. The number of hydrogen-bond acceptors (Lipinski definition) is 4. The SMILES string of the molecule is C[C@@H](O)[C@H](NC(=O)N(C)C1CCOCC1)C(=O)O. The van der Waals surface area contributed by atoms with Gasteiger partial charge in [-0.15, -0.1) is 0 Å². The molecule has 0 aliphatic carbocycles. The zero-order chi connectivity index (χ0) is 13.7. The van der Waals surface area contributed by atoms with Gasteiger partial charge in [0.25, 0.3) is 0 Å². The van der Waals surface area contributed by atoms with Crippen LogP contribution in [0.5, 0.6) is 0 Å². The molecule has 1 aliphatic heterocycles. The highest BCUT2D eigenvalue weighted by molar-refractivity contribution is 5.83. The number of carbonyl (C=O) groups excluding carboxylic acids is 1. The fraction of sp³-hybridized carbons (Fsp3) is 0.818. The fourth-order valence-corrected chi connectivity index (χ4v) is 1.86. The average Bonchev–Trinajstić information content (AvgIpc) is 2.35. The maximum Gasteiger partial charge on any atom is 0.328 e. The topological polar surface area (TPSA) is 99.1 Å². The van der Waals surface area contributed by atoms with Gasteiger partial charge in [-0.2, -0.15) is 0 Å². The number of aliphatic carboxylic acids is 1. The van der Waals surface area contributed by atoms with Crippen molar-refractivity contribution in [3.8, 4) is 0 Å². The third kappa shape index (κ3) is 3.85. The summed E-state index contributed by atoms with van der Waals surface area (Å²) in [6, 6.07) is -1.74. The minimum Gasteiger partial charge on any atom is -0.480 e. The summed E-state index contributed by atoms with van der Waals surface area (Å²) in [7, 11) is 1.62. The summed E-state index contributed by atoms with van der Waals surface area (Å²) in [5, 5.41) is 20.5. The van der Waals surface area contributed by atoms with Crippen molar-refractivity contribution < 1.29 is 24.5 Å². The van der Waals surface area contributed by atoms with Gasteiger partial charge in [0.2, 0.25) is 0 Å². The van der Waals surface area contributed by atoms with Crippen LogP contribution in [0.2, 0.25) is 0 Å². The van der Waals surface area contributed by atoms with Gasteiger partial charge >= 0.3 is 12.0 Å². The Morgan fingerprint density at radius 1 is 1.39 bits per heavy atom. The Bertz CT molecular complexity index is 302. The molecule has 0 aromatic carbocycles. The van der Waals surface area contributed by atoms with E-state index in [9.17, 15) is 14.7 Å². The third-order valence-corrected chi connectivity index (χ3v) is 3.09. The number of aliphatic hydroxyl groups excluding tert-OH is 1. The largest absolute Gasteiger partial charge is 0.480 e. The van der Waals surface area contributed by atoms with Crippen LogP contribution in [0.1, 0.15) is 19.8 Å². The molecule has 1 saturated heterocycles. The van der Waals surface area contributed by atoms with Crippen LogP contribution < -0.4 is 5.32 Å². The maximum atomic E-state index is 11.9. The standard InChI is InChI=1S/C11H20N2O5/c1-7(14)9(10(15)16)12-11(17)13(2)8-3-5-18-6-4-8/h7-9,14H,3-6H2,1-2H3,(H,12,17)(H,15,16)/t7-,9+/m1/s1. The van der Waals surface area contributed by atoms with Crippen molar-refractivity contribution in [2.75, 3.05) is 20.3 Å². The van der Waals surface area contributed by atoms with Crippen LogP contribution in [0.25, 0.3) is 0 Å². The number of carboxylic acid groups (broad SMARTS) is 1. The Kier molecular flexibility index (Phi) is 5.36. The first kappa shape index (κ1) is 14.7. The molecular formula is C11H20N2O5. The lowest BCUT2D eigenvalue weighted by Crippen LogP contribution is -2.54. The summed E-state index contributed by atoms with van der Waals surface area (Å²) >= 11 is 0. The second-order valence-corrected chi connectivity index (χ2v) is 4.46. The van der Waals surface area contributed by atoms with Gasteiger partial charge in [-0.05, 0) is 19.8 Å². The molecule has 0 radical (unpaired) electrons. The smallest absolute Gasteiger partial charge is 0.328 e. The highest BCUT2D eigenvalue weighted by Crippen LogP contribution is 2.13. The van der Waals surface area contributed by atoms with Gasteiger partial charge < -0.3 is 25.2 Å². The quantitative estimate of drug-likeness (QED) is 0.641. The van der Waals surface area contributed by atoms with Crippen LogP contribution >= 0.6 is 0 Å². The number of carboxylic acids is 1. The first-order valence-electron chi connectivity index (χ1n) is 5.95. The van der Waals surface area contributed by atoms with Crippen LogP contribution in [0.15, 0.2) is 0 Å². The number of ether oxygens (including phenoxy) is 1. The van der Waals surface area contributed by atoms with Gasteiger partial charge in [-0.25, -0.2) is 9.59 Å². The highest BCUT2D eigenvalue weighted by atomic mass is 16.5. The van der Waals surface area contributed by atoms with Gasteiger partial charge in [0.05, 0.1) is 6.10 Å². The van der Waals surface area contributed by atoms with Crippen molar-refractivity contribution >= 4 is 12.0 Å². The minimum atomic E-state index is -1.29. The van der Waals surface area contributed by atoms with Crippen LogP contribution in [-0.2, 0) is 9.53 Å². The van der Waals surface area contributed by atoms with Gasteiger partial charge in [0.15, 0.2) is 6.04 Å². The second-order valence-electron chi connectivity index (χ2n) is 4.46. The lowest BCUT2D eigenvalue weighted by Gasteiger charge is -2.32. The van der Waals surface area contributed by atoms with E-state index >= 15 is 0 Å². The van der Waals surface area contributed by atoms with Crippen molar-refractivity contribution in [1.29, 1.82) is 0 Å². The molecule has 18 heavy (non-hydrogen) atoms. The van der Waals surface area contributed by atoms with Crippen LogP contribution in [-0.4, -0.2) is 65.6 Å². The predicted octanol–water partition coefficient (Wildman–Crippen LogP) is -0.359. The molecular weight excluding hydrogens is 240 g/mol. The number of carbonyl (C=O) groups is 2. The molecule has 0 aromatic rings. The number of hydrogen-bond donors (Lipinski definition) is 3. The van der Waals surface area contributed by atoms with Gasteiger partial charge in [0.1, 0.15) is 0 Å². The zero-order valence-electron chi connectivity index (χ0n) is 10.6. The normalized spacial score (nSPS) is 19.9. The maximum absolute atomic E-state index is 11.9. The van der Waals surface area contributed by atoms with E-state index in [-0.39, 0.29) is 6.04 Å². The molecule has 2 atom stereocenters. The lowest BCUT2D eigenvalue weighted by atomic mass is 10.1. The molecule has 2 amide bonds. The summed E-state index contributed by atoms with van der Waals surface area (Å²) in [5.74, 6) is -1.25. The summed E-state index contributed by atoms with van der Waals surface area (Å²) in [5.41, 5.74) is 0. The Morgan fingerprint density at radius 2 is 1.94 bits per heavy atom. The van der Waals surface area contributed by atoms with Crippen molar-refractivity contribution in [2.24, 2.45) is 0 Å². The summed E-state index contributed by atoms with van der Waals surface area (Å²) in [6.45, 7) is 2.52. The molecule has 1 aliphatic rings. The summed E-state index contributed by atoms with van der Waals surface area (Å²) in [4.78, 5) is 24.2. The Morgan fingerprint density at radius 3 is 2.39 bits per heavy atom. The molecule has 0 unspecified atom stereocenters. The molecule has 0 aromatic heterocycles. The molecule has 1 rings (SSSR count). The first-order valence-corrected chi connectivity index (χ1v) is 5.95. The fourth-order valence-electron chi connectivity index (χ4n) is 1.86. The molecule has 104 valence electrons. The van der Waals surface area contributed by atoms with Crippen LogP contribution in [0, 0.1) is 0 Å². The number of nitrogens with one attached hydrogen (secondary N) is 1. The van der Waals surface area contributed by atoms with E-state index < -0.39 is 24.1 Å². The third-order valence-electron chi connectivity index (χ3n) is 3.09. The monoisotopic (exact) mass is 260 g/mol. The highest BCUT2D eigenvalue weighted by Gasteiger charge is 2.29. The molecule has 3 N–H and O–H groups in total. The number of rotatable bonds is 4. The Balaban J connectivity index is 2.54. The van der Waals surface area contributed by atoms with Crippen molar-refractivity contribution in [2.45, 2.75) is 38.0 Å². The van der Waals surface area contributed by atoms with Crippen molar-refractivity contribution in [3.05, 3.63) is 0 Å². The zero-order valence-corrected chi connectivity index (χ0v) is 10.6. The molecule has 1 heterocycles. The van der Waals surface area contributed by atoms with Crippen LogP contribution in [0.3, 0.4) is 0 Å². The first-order chi connectivity index (χ1) is 8.43. The molecule has 0 spiro atoms. The lowest BCUT2D eigenvalue weighted by molar-refractivity contribution is -0.141. The molecule has 7 heteroatoms. The number of nitrogens with zero attached hydrogens (tertiary/aromatic N) is 1. The molecule has 0 saturated carbocycles. The van der Waals surface area contributed by atoms with E-state index in [1.54, 1.807) is 7.05 Å². The molecule has 7 nitrogen and oxygen atoms in total. The average molecular weight is 260 g/mol. The van der Waals surface area contributed by atoms with E-state index in [0.29, 0.717) is 13.2 Å². The van der Waals surface area contributed by atoms with Crippen LogP contribution in [0.4, 0.5) is 4.79 Å². The Labute approximate surface area is 106 Å². The van der Waals surface area contributed by atoms with Gasteiger partial charge in [-0.3, -0.25) is 0 Å². The predicted molar refractivity (Wildman–Crippen MR) is 63.2 cm³/mol. The van der Waals surface area contributed by atoms with Crippen molar-refractivity contribution in [3.63, 3.8) is 0 Å². The summed E-state index contributed by atoms with van der Waals surface area (Å²) in [6.07, 6.45) is 0.321. The van der Waals surface area contributed by atoms with Gasteiger partial charge in [0, 0.05) is 26.3 Å². The number of amides is 2. The molecule has 1 fully saturated rings. The van der Waals surface area contributed by atoms with E-state index in [1.165, 1.54) is 11.8 Å². The summed E-state index contributed by atoms with van der Waals surface area (Å²) < 4.78 is 5.19. The van der Waals surface area contributed by atoms with E-state index in [4.69, 9.17) is 9.84 Å².